The predicted octanol–water partition coefficient (Wildman–Crippen LogP) is 4.76. The number of rotatable bonds is 7. The lowest BCUT2D eigenvalue weighted by atomic mass is 10.2. The molecule has 0 radical (unpaired) electrons. The van der Waals surface area contributed by atoms with E-state index in [1.54, 1.807) is 25.1 Å². The van der Waals surface area contributed by atoms with E-state index in [9.17, 15) is 5.26 Å². The Morgan fingerprint density at radius 1 is 1.27 bits per heavy atom. The van der Waals surface area contributed by atoms with E-state index in [2.05, 4.69) is 33.1 Å². The van der Waals surface area contributed by atoms with E-state index in [0.29, 0.717) is 10.6 Å². The summed E-state index contributed by atoms with van der Waals surface area (Å²) in [6.45, 7) is 0. The first-order valence-electron chi connectivity index (χ1n) is 7.80. The van der Waals surface area contributed by atoms with Gasteiger partial charge in [0.15, 0.2) is 0 Å². The monoisotopic (exact) mass is 380 g/mol. The summed E-state index contributed by atoms with van der Waals surface area (Å²) in [5, 5.41) is 15.0. The van der Waals surface area contributed by atoms with Gasteiger partial charge in [0, 0.05) is 5.75 Å². The van der Waals surface area contributed by atoms with Gasteiger partial charge in [-0.2, -0.15) is 14.7 Å². The maximum absolute atomic E-state index is 9.46. The number of anilines is 1. The molecule has 0 aliphatic rings. The summed E-state index contributed by atoms with van der Waals surface area (Å²) in [4.78, 5) is 0. The molecule has 0 fully saturated rings. The van der Waals surface area contributed by atoms with Gasteiger partial charge in [-0.25, -0.2) is 0 Å². The van der Waals surface area contributed by atoms with E-state index in [1.165, 1.54) is 17.1 Å². The number of nitriles is 1. The van der Waals surface area contributed by atoms with Crippen LogP contribution in [0.25, 0.3) is 0 Å². The van der Waals surface area contributed by atoms with Crippen LogP contribution in [-0.4, -0.2) is 17.7 Å². The van der Waals surface area contributed by atoms with Crippen molar-refractivity contribution in [2.45, 2.75) is 10.8 Å². The molecule has 0 unspecified atom stereocenters. The second-order valence-corrected chi connectivity index (χ2v) is 6.96. The number of methoxy groups -OCH3 is 1. The summed E-state index contributed by atoms with van der Waals surface area (Å²) in [7, 11) is 1.62. The molecule has 26 heavy (non-hydrogen) atoms. The zero-order valence-electron chi connectivity index (χ0n) is 14.0. The van der Waals surface area contributed by atoms with Crippen molar-refractivity contribution in [3.8, 4) is 11.8 Å². The van der Waals surface area contributed by atoms with Crippen molar-refractivity contribution < 1.29 is 4.74 Å². The van der Waals surface area contributed by atoms with Crippen molar-refractivity contribution in [1.82, 2.24) is 4.37 Å². The first-order chi connectivity index (χ1) is 12.8. The molecule has 1 heterocycles. The minimum absolute atomic E-state index is 0.527. The minimum Gasteiger partial charge on any atom is -0.497 e. The number of nitrogens with zero attached hydrogens (tertiary/aromatic N) is 3. The number of benzene rings is 2. The number of hydrogen-bond donors (Lipinski definition) is 1. The Morgan fingerprint density at radius 3 is 2.88 bits per heavy atom. The molecule has 3 aromatic rings. The maximum Gasteiger partial charge on any atom is 0.148 e. The Morgan fingerprint density at radius 2 is 2.12 bits per heavy atom. The summed E-state index contributed by atoms with van der Waals surface area (Å²) in [6, 6.07) is 19.9. The lowest BCUT2D eigenvalue weighted by molar-refractivity contribution is 0.415. The predicted molar refractivity (Wildman–Crippen MR) is 107 cm³/mol. The fourth-order valence-electron chi connectivity index (χ4n) is 2.16. The number of ether oxygens (including phenoxy) is 1. The highest BCUT2D eigenvalue weighted by Crippen LogP contribution is 2.32. The molecule has 0 spiro atoms. The van der Waals surface area contributed by atoms with E-state index in [0.717, 1.165) is 22.1 Å². The third kappa shape index (κ3) is 4.63. The fourth-order valence-corrected chi connectivity index (χ4v) is 3.93. The van der Waals surface area contributed by atoms with Gasteiger partial charge in [0.25, 0.3) is 0 Å². The van der Waals surface area contributed by atoms with Crippen LogP contribution < -0.4 is 10.2 Å². The Labute approximate surface area is 160 Å². The van der Waals surface area contributed by atoms with E-state index in [-0.39, 0.29) is 0 Å². The Kier molecular flexibility index (Phi) is 6.25. The van der Waals surface area contributed by atoms with Crippen molar-refractivity contribution in [2.75, 3.05) is 12.5 Å². The van der Waals surface area contributed by atoms with Gasteiger partial charge in [-0.15, -0.1) is 0 Å². The van der Waals surface area contributed by atoms with Gasteiger partial charge in [0.2, 0.25) is 0 Å². The Balaban J connectivity index is 1.66. The molecule has 0 amide bonds. The second-order valence-electron chi connectivity index (χ2n) is 5.22. The number of hydrazone groups is 1. The molecule has 0 saturated heterocycles. The van der Waals surface area contributed by atoms with Crippen LogP contribution >= 0.6 is 23.3 Å². The molecule has 3 rings (SSSR count). The zero-order valence-corrected chi connectivity index (χ0v) is 15.7. The second kappa shape index (κ2) is 9.04. The van der Waals surface area contributed by atoms with Gasteiger partial charge in [0.1, 0.15) is 27.4 Å². The van der Waals surface area contributed by atoms with E-state index < -0.39 is 0 Å². The average molecular weight is 380 g/mol. The summed E-state index contributed by atoms with van der Waals surface area (Å²) in [6.07, 6.45) is 1.68. The Hall–Kier alpha value is -2.82. The molecule has 1 N–H and O–H groups in total. The van der Waals surface area contributed by atoms with Crippen molar-refractivity contribution in [2.24, 2.45) is 5.10 Å². The highest BCUT2D eigenvalue weighted by Gasteiger charge is 2.13. The van der Waals surface area contributed by atoms with Gasteiger partial charge >= 0.3 is 0 Å². The zero-order chi connectivity index (χ0) is 18.2. The van der Waals surface area contributed by atoms with Crippen molar-refractivity contribution in [3.05, 3.63) is 71.3 Å². The highest BCUT2D eigenvalue weighted by molar-refractivity contribution is 7.98. The van der Waals surface area contributed by atoms with Gasteiger partial charge in [-0.05, 0) is 34.8 Å². The molecule has 130 valence electrons. The van der Waals surface area contributed by atoms with Crippen molar-refractivity contribution in [1.29, 1.82) is 5.26 Å². The number of hydrogen-bond acceptors (Lipinski definition) is 7. The smallest absolute Gasteiger partial charge is 0.148 e. The SMILES string of the molecule is COc1cccc(C=NNc2snc(SCc3ccccc3)c2C#N)c1. The quantitative estimate of drug-likeness (QED) is 0.363. The van der Waals surface area contributed by atoms with Crippen molar-refractivity contribution >= 4 is 34.5 Å². The van der Waals surface area contributed by atoms with Crippen LogP contribution in [0.3, 0.4) is 0 Å². The fraction of sp³-hybridized carbons (Fsp3) is 0.105. The first kappa shape index (κ1) is 18.0. The number of aromatic nitrogens is 1. The maximum atomic E-state index is 9.46. The molecular weight excluding hydrogens is 364 g/mol. The van der Waals surface area contributed by atoms with Gasteiger partial charge in [0.05, 0.1) is 13.3 Å². The molecular formula is C19H16N4OS2. The van der Waals surface area contributed by atoms with E-state index in [4.69, 9.17) is 4.74 Å². The molecule has 0 aliphatic heterocycles. The molecule has 0 atom stereocenters. The van der Waals surface area contributed by atoms with E-state index in [1.807, 2.05) is 42.5 Å². The largest absolute Gasteiger partial charge is 0.497 e. The first-order valence-corrected chi connectivity index (χ1v) is 9.55. The van der Waals surface area contributed by atoms with Crippen LogP contribution in [0.4, 0.5) is 5.00 Å². The number of nitrogens with one attached hydrogen (secondary N) is 1. The molecule has 0 aliphatic carbocycles. The van der Waals surface area contributed by atoms with Crippen LogP contribution in [0, 0.1) is 11.3 Å². The topological polar surface area (TPSA) is 70.3 Å². The van der Waals surface area contributed by atoms with Gasteiger partial charge < -0.3 is 4.74 Å². The summed E-state index contributed by atoms with van der Waals surface area (Å²) in [5.74, 6) is 1.54. The van der Waals surface area contributed by atoms with Crippen LogP contribution in [-0.2, 0) is 5.75 Å². The van der Waals surface area contributed by atoms with Gasteiger partial charge in [-0.1, -0.05) is 54.2 Å². The molecule has 5 nitrogen and oxygen atoms in total. The standard InChI is InChI=1S/C19H16N4OS2/c1-24-16-9-5-8-15(10-16)12-21-22-18-17(11-20)19(23-26-18)25-13-14-6-3-2-4-7-14/h2-10,12,22H,13H2,1H3. The number of thioether (sulfide) groups is 1. The summed E-state index contributed by atoms with van der Waals surface area (Å²) >= 11 is 2.78. The third-order valence-corrected chi connectivity index (χ3v) is 5.38. The third-order valence-electron chi connectivity index (χ3n) is 3.46. The van der Waals surface area contributed by atoms with Gasteiger partial charge in [-0.3, -0.25) is 5.43 Å². The van der Waals surface area contributed by atoms with Crippen LogP contribution in [0.5, 0.6) is 5.75 Å². The normalized spacial score (nSPS) is 10.6. The minimum atomic E-state index is 0.527. The lowest BCUT2D eigenvalue weighted by Crippen LogP contribution is -1.91. The molecule has 0 saturated carbocycles. The molecule has 0 bridgehead atoms. The molecule has 2 aromatic carbocycles. The van der Waals surface area contributed by atoms with Crippen LogP contribution in [0.2, 0.25) is 0 Å². The van der Waals surface area contributed by atoms with E-state index >= 15 is 0 Å². The summed E-state index contributed by atoms with van der Waals surface area (Å²) in [5.41, 5.74) is 5.54. The summed E-state index contributed by atoms with van der Waals surface area (Å²) < 4.78 is 9.57. The van der Waals surface area contributed by atoms with Crippen LogP contribution in [0.1, 0.15) is 16.7 Å². The molecule has 7 heteroatoms. The molecule has 1 aromatic heterocycles. The lowest BCUT2D eigenvalue weighted by Gasteiger charge is -2.01. The highest BCUT2D eigenvalue weighted by atomic mass is 32.2. The average Bonchev–Trinajstić information content (AvgIpc) is 3.09. The Bertz CT molecular complexity index is 932. The van der Waals surface area contributed by atoms with Crippen LogP contribution in [0.15, 0.2) is 64.7 Å². The van der Waals surface area contributed by atoms with Crippen molar-refractivity contribution in [3.63, 3.8) is 0 Å².